The summed E-state index contributed by atoms with van der Waals surface area (Å²) in [6.07, 6.45) is 0. The van der Waals surface area contributed by atoms with E-state index in [4.69, 9.17) is 32.1 Å². The van der Waals surface area contributed by atoms with Gasteiger partial charge in [-0.25, -0.2) is 0 Å². The van der Waals surface area contributed by atoms with Gasteiger partial charge < -0.3 is 0 Å². The van der Waals surface area contributed by atoms with Crippen LogP contribution in [0.25, 0.3) is 0 Å². The molecular formula is K2MgO8Se2. The van der Waals surface area contributed by atoms with Crippen LogP contribution < -0.4 is 120 Å². The van der Waals surface area contributed by atoms with Gasteiger partial charge in [0.1, 0.15) is 0 Å². The van der Waals surface area contributed by atoms with Gasteiger partial charge >= 0.3 is 185 Å². The van der Waals surface area contributed by atoms with E-state index in [0.717, 1.165) is 0 Å². The second kappa shape index (κ2) is 14.2. The summed E-state index contributed by atoms with van der Waals surface area (Å²) >= 11 is -11.5. The summed E-state index contributed by atoms with van der Waals surface area (Å²) in [4.78, 5) is 0. The molecule has 0 aromatic heterocycles. The molecule has 0 aliphatic heterocycles. The topological polar surface area (TPSA) is 161 Å². The first-order valence-electron chi connectivity index (χ1n) is 1.33. The second-order valence-electron chi connectivity index (χ2n) is 0.816. The summed E-state index contributed by atoms with van der Waals surface area (Å²) in [6, 6.07) is 0. The molecular weight excluding hydrogens is 388 g/mol. The Kier molecular flexibility index (Phi) is 33.0. The van der Waals surface area contributed by atoms with Gasteiger partial charge in [-0.15, -0.1) is 0 Å². The number of hydrogen-bond acceptors (Lipinski definition) is 8. The van der Waals surface area contributed by atoms with E-state index < -0.39 is 26.7 Å². The summed E-state index contributed by atoms with van der Waals surface area (Å²) in [6.45, 7) is 0. The maximum absolute atomic E-state index is 8.59. The van der Waals surface area contributed by atoms with Gasteiger partial charge in [-0.3, -0.25) is 0 Å². The van der Waals surface area contributed by atoms with Crippen LogP contribution in [-0.4, -0.2) is 49.8 Å². The Morgan fingerprint density at radius 3 is 0.615 bits per heavy atom. The van der Waals surface area contributed by atoms with Crippen molar-refractivity contribution in [3.05, 3.63) is 0 Å². The molecule has 13 heavy (non-hydrogen) atoms. The van der Waals surface area contributed by atoms with E-state index in [-0.39, 0.29) is 126 Å². The molecule has 64 valence electrons. The number of hydrogen-bond donors (Lipinski definition) is 0. The predicted molar refractivity (Wildman–Crippen MR) is 20.0 cm³/mol. The van der Waals surface area contributed by atoms with Crippen LogP contribution in [0.15, 0.2) is 0 Å². The van der Waals surface area contributed by atoms with Crippen LogP contribution in [0, 0.1) is 0 Å². The van der Waals surface area contributed by atoms with Crippen LogP contribution in [-0.2, 0) is 15.3 Å². The molecule has 0 N–H and O–H groups in total. The number of rotatable bonds is 0. The van der Waals surface area contributed by atoms with Gasteiger partial charge in [0.05, 0.1) is 0 Å². The standard InChI is InChI=1S/2K.Mg.2H2O4Se/c;;;2*1-5(2,3)4/h;;;2*(H2,1,2,3,4)/q2*+1;+2;;/p-4. The molecule has 0 aromatic carbocycles. The fourth-order valence-electron chi connectivity index (χ4n) is 0. The van der Waals surface area contributed by atoms with Crippen LogP contribution in [0.5, 0.6) is 0 Å². The zero-order chi connectivity index (χ0) is 9.00. The summed E-state index contributed by atoms with van der Waals surface area (Å²) < 4.78 is 68.8. The molecule has 0 heterocycles. The summed E-state index contributed by atoms with van der Waals surface area (Å²) in [7, 11) is 0. The molecule has 0 unspecified atom stereocenters. The zero-order valence-electron chi connectivity index (χ0n) is 6.79. The molecule has 0 aromatic rings. The largest absolute Gasteiger partial charge is 2.00 e. The Morgan fingerprint density at radius 2 is 0.615 bits per heavy atom. The van der Waals surface area contributed by atoms with Crippen molar-refractivity contribution in [2.24, 2.45) is 0 Å². The average molecular weight is 388 g/mol. The van der Waals surface area contributed by atoms with E-state index in [2.05, 4.69) is 0 Å². The van der Waals surface area contributed by atoms with Gasteiger partial charge in [0.25, 0.3) is 0 Å². The molecule has 0 bridgehead atoms. The smallest absolute Gasteiger partial charge is 1.00 e. The zero-order valence-corrected chi connectivity index (χ0v) is 17.9. The van der Waals surface area contributed by atoms with Gasteiger partial charge in [0.15, 0.2) is 0 Å². The molecule has 0 aliphatic carbocycles. The summed E-state index contributed by atoms with van der Waals surface area (Å²) in [5.41, 5.74) is 0. The van der Waals surface area contributed by atoms with Gasteiger partial charge in [-0.2, -0.15) is 0 Å². The molecule has 0 rings (SSSR count). The van der Waals surface area contributed by atoms with Crippen LogP contribution in [0.1, 0.15) is 0 Å². The van der Waals surface area contributed by atoms with Crippen molar-refractivity contribution in [1.29, 1.82) is 0 Å². The molecule has 0 spiro atoms. The van der Waals surface area contributed by atoms with Gasteiger partial charge in [-0.1, -0.05) is 0 Å². The van der Waals surface area contributed by atoms with E-state index in [1.807, 2.05) is 0 Å². The molecule has 8 nitrogen and oxygen atoms in total. The van der Waals surface area contributed by atoms with Crippen LogP contribution in [0.3, 0.4) is 0 Å². The van der Waals surface area contributed by atoms with Crippen molar-refractivity contribution in [2.45, 2.75) is 0 Å². The molecule has 0 atom stereocenters. The van der Waals surface area contributed by atoms with E-state index in [9.17, 15) is 0 Å². The quantitative estimate of drug-likeness (QED) is 0.370. The fraction of sp³-hybridized carbons (Fsp3) is 0. The van der Waals surface area contributed by atoms with E-state index in [1.165, 1.54) is 0 Å². The Labute approximate surface area is 179 Å². The van der Waals surface area contributed by atoms with E-state index >= 15 is 0 Å². The van der Waals surface area contributed by atoms with Gasteiger partial charge in [0.2, 0.25) is 0 Å². The SMILES string of the molecule is O=[Se](=O)([O-])[O-].O=[Se](=O)([O-])[O-].[K+].[K+].[Mg+2]. The van der Waals surface area contributed by atoms with Crippen molar-refractivity contribution in [1.82, 2.24) is 0 Å². The first-order valence-corrected chi connectivity index (χ1v) is 6.93. The third kappa shape index (κ3) is 189. The molecule has 0 radical (unpaired) electrons. The molecule has 0 saturated heterocycles. The van der Waals surface area contributed by atoms with Crippen molar-refractivity contribution in [2.75, 3.05) is 0 Å². The summed E-state index contributed by atoms with van der Waals surface area (Å²) in [5, 5.41) is 0. The maximum atomic E-state index is 8.59. The normalized spacial score (nSPS) is 8.92. The van der Waals surface area contributed by atoms with Crippen molar-refractivity contribution >= 4 is 49.8 Å². The van der Waals surface area contributed by atoms with Crippen molar-refractivity contribution in [3.8, 4) is 0 Å². The van der Waals surface area contributed by atoms with Gasteiger partial charge in [0, 0.05) is 0 Å². The van der Waals surface area contributed by atoms with Crippen molar-refractivity contribution < 1.29 is 135 Å². The molecule has 0 aliphatic rings. The van der Waals surface area contributed by atoms with Crippen molar-refractivity contribution in [3.63, 3.8) is 0 Å². The minimum absolute atomic E-state index is 0. The first kappa shape index (κ1) is 30.3. The van der Waals surface area contributed by atoms with Gasteiger partial charge in [-0.05, 0) is 0 Å². The predicted octanol–water partition coefficient (Wildman–Crippen LogP) is -12.4. The Morgan fingerprint density at radius 1 is 0.615 bits per heavy atom. The Bertz CT molecular complexity index is 217. The minimum Gasteiger partial charge on any atom is 1.00 e. The first-order chi connectivity index (χ1) is 4.00. The van der Waals surface area contributed by atoms with Crippen LogP contribution in [0.2, 0.25) is 0 Å². The fourth-order valence-corrected chi connectivity index (χ4v) is 0. The Hall–Kier alpha value is 4.12. The monoisotopic (exact) mass is 390 g/mol. The third-order valence-electron chi connectivity index (χ3n) is 0. The average Bonchev–Trinajstić information content (AvgIpc) is 1.12. The van der Waals surface area contributed by atoms with E-state index in [1.54, 1.807) is 0 Å². The Balaban J connectivity index is -0.0000000267. The van der Waals surface area contributed by atoms with Crippen LogP contribution >= 0.6 is 0 Å². The molecule has 0 saturated carbocycles. The molecule has 0 amide bonds. The summed E-state index contributed by atoms with van der Waals surface area (Å²) in [5.74, 6) is 0. The second-order valence-corrected chi connectivity index (χ2v) is 4.24. The maximum Gasteiger partial charge on any atom is 2.00 e. The molecule has 0 fully saturated rings. The molecule has 13 heteroatoms. The van der Waals surface area contributed by atoms with E-state index in [0.29, 0.717) is 0 Å². The van der Waals surface area contributed by atoms with Crippen LogP contribution in [0.4, 0.5) is 0 Å². The third-order valence-corrected chi connectivity index (χ3v) is 0. The minimum atomic E-state index is -5.75.